The quantitative estimate of drug-likeness (QED) is 0.876. The van der Waals surface area contributed by atoms with Gasteiger partial charge in [0.1, 0.15) is 0 Å². The van der Waals surface area contributed by atoms with E-state index in [-0.39, 0.29) is 0 Å². The fraction of sp³-hybridized carbons (Fsp3) is 0.462. The molecule has 4 heteroatoms. The molecule has 1 rings (SSSR count). The van der Waals surface area contributed by atoms with Gasteiger partial charge in [-0.3, -0.25) is 0 Å². The molecular formula is C13H17ClN2O. The van der Waals surface area contributed by atoms with E-state index in [1.54, 1.807) is 6.92 Å². The minimum absolute atomic E-state index is 0.490. The van der Waals surface area contributed by atoms with Crippen LogP contribution in [0.4, 0.5) is 5.69 Å². The molecule has 1 aromatic rings. The first-order valence-electron chi connectivity index (χ1n) is 5.69. The van der Waals surface area contributed by atoms with E-state index in [0.29, 0.717) is 18.0 Å². The molecule has 0 aromatic heterocycles. The summed E-state index contributed by atoms with van der Waals surface area (Å²) in [7, 11) is 0. The van der Waals surface area contributed by atoms with Crippen molar-refractivity contribution in [1.82, 2.24) is 0 Å². The van der Waals surface area contributed by atoms with Crippen molar-refractivity contribution in [2.45, 2.75) is 26.4 Å². The summed E-state index contributed by atoms with van der Waals surface area (Å²) in [6.45, 7) is 5.24. The van der Waals surface area contributed by atoms with Gasteiger partial charge in [-0.1, -0.05) is 17.7 Å². The molecule has 0 aliphatic carbocycles. The van der Waals surface area contributed by atoms with E-state index < -0.39 is 6.10 Å². The normalized spacial score (nSPS) is 11.9. The second-order valence-corrected chi connectivity index (χ2v) is 4.28. The number of hydrogen-bond acceptors (Lipinski definition) is 3. The lowest BCUT2D eigenvalue weighted by Crippen LogP contribution is -2.23. The lowest BCUT2D eigenvalue weighted by atomic mass is 10.1. The standard InChI is InChI=1S/C13H17ClN2O/c1-3-16(8-4-7-15)11-5-6-12(10(2)17)13(14)9-11/h5-6,9-10,17H,3-4,8H2,1-2H3. The highest BCUT2D eigenvalue weighted by Crippen LogP contribution is 2.27. The summed E-state index contributed by atoms with van der Waals surface area (Å²) in [6.07, 6.45) is -0.0744. The first-order chi connectivity index (χ1) is 8.10. The number of nitriles is 1. The van der Waals surface area contributed by atoms with Crippen LogP contribution in [-0.2, 0) is 0 Å². The average Bonchev–Trinajstić information content (AvgIpc) is 2.29. The first-order valence-corrected chi connectivity index (χ1v) is 6.07. The molecular weight excluding hydrogens is 236 g/mol. The van der Waals surface area contributed by atoms with Crippen LogP contribution in [0, 0.1) is 11.3 Å². The van der Waals surface area contributed by atoms with Gasteiger partial charge in [0.25, 0.3) is 0 Å². The fourth-order valence-corrected chi connectivity index (χ4v) is 2.04. The third kappa shape index (κ3) is 3.62. The Morgan fingerprint density at radius 3 is 2.71 bits per heavy atom. The van der Waals surface area contributed by atoms with Crippen molar-refractivity contribution in [2.24, 2.45) is 0 Å². The summed E-state index contributed by atoms with van der Waals surface area (Å²) in [5.41, 5.74) is 1.71. The summed E-state index contributed by atoms with van der Waals surface area (Å²) < 4.78 is 0. The van der Waals surface area contributed by atoms with Crippen molar-refractivity contribution in [3.63, 3.8) is 0 Å². The zero-order valence-corrected chi connectivity index (χ0v) is 10.9. The van der Waals surface area contributed by atoms with Crippen molar-refractivity contribution in [3.8, 4) is 6.07 Å². The maximum Gasteiger partial charge on any atom is 0.0776 e. The van der Waals surface area contributed by atoms with Crippen molar-refractivity contribution in [3.05, 3.63) is 28.8 Å². The van der Waals surface area contributed by atoms with Crippen molar-refractivity contribution in [1.29, 1.82) is 5.26 Å². The van der Waals surface area contributed by atoms with Gasteiger partial charge in [0, 0.05) is 23.8 Å². The Hall–Kier alpha value is -1.24. The summed E-state index contributed by atoms with van der Waals surface area (Å²) in [5, 5.41) is 18.6. The molecule has 0 saturated heterocycles. The van der Waals surface area contributed by atoms with E-state index in [0.717, 1.165) is 17.8 Å². The van der Waals surface area contributed by atoms with Crippen molar-refractivity contribution < 1.29 is 5.11 Å². The Morgan fingerprint density at radius 1 is 1.53 bits per heavy atom. The molecule has 0 radical (unpaired) electrons. The zero-order chi connectivity index (χ0) is 12.8. The zero-order valence-electron chi connectivity index (χ0n) is 10.2. The molecule has 1 aromatic carbocycles. The molecule has 1 atom stereocenters. The van der Waals surface area contributed by atoms with Crippen LogP contribution < -0.4 is 4.90 Å². The summed E-state index contributed by atoms with van der Waals surface area (Å²) in [4.78, 5) is 2.08. The van der Waals surface area contributed by atoms with Gasteiger partial charge in [0.05, 0.1) is 18.6 Å². The highest BCUT2D eigenvalue weighted by molar-refractivity contribution is 6.31. The highest BCUT2D eigenvalue weighted by Gasteiger charge is 2.10. The van der Waals surface area contributed by atoms with Crippen LogP contribution in [0.5, 0.6) is 0 Å². The molecule has 0 heterocycles. The molecule has 92 valence electrons. The van der Waals surface area contributed by atoms with Crippen molar-refractivity contribution >= 4 is 17.3 Å². The summed E-state index contributed by atoms with van der Waals surface area (Å²) in [6, 6.07) is 7.73. The molecule has 0 bridgehead atoms. The average molecular weight is 253 g/mol. The summed E-state index contributed by atoms with van der Waals surface area (Å²) in [5.74, 6) is 0. The number of aliphatic hydroxyl groups is 1. The second kappa shape index (κ2) is 6.48. The van der Waals surface area contributed by atoms with Crippen LogP contribution in [0.15, 0.2) is 18.2 Å². The highest BCUT2D eigenvalue weighted by atomic mass is 35.5. The van der Waals surface area contributed by atoms with Gasteiger partial charge in [-0.15, -0.1) is 0 Å². The topological polar surface area (TPSA) is 47.3 Å². The fourth-order valence-electron chi connectivity index (χ4n) is 1.71. The lowest BCUT2D eigenvalue weighted by Gasteiger charge is -2.22. The maximum atomic E-state index is 9.49. The number of benzene rings is 1. The molecule has 0 amide bonds. The molecule has 0 saturated carbocycles. The van der Waals surface area contributed by atoms with Gasteiger partial charge in [0.2, 0.25) is 0 Å². The minimum atomic E-state index is -0.564. The van der Waals surface area contributed by atoms with Crippen LogP contribution in [0.3, 0.4) is 0 Å². The van der Waals surface area contributed by atoms with Crippen LogP contribution >= 0.6 is 11.6 Å². The minimum Gasteiger partial charge on any atom is -0.389 e. The van der Waals surface area contributed by atoms with Gasteiger partial charge < -0.3 is 10.0 Å². The predicted molar refractivity (Wildman–Crippen MR) is 70.2 cm³/mol. The van der Waals surface area contributed by atoms with E-state index in [1.807, 2.05) is 25.1 Å². The Labute approximate surface area is 107 Å². The van der Waals surface area contributed by atoms with E-state index in [1.165, 1.54) is 0 Å². The molecule has 1 N–H and O–H groups in total. The number of halogens is 1. The predicted octanol–water partition coefficient (Wildman–Crippen LogP) is 3.13. The van der Waals surface area contributed by atoms with Crippen LogP contribution in [0.25, 0.3) is 0 Å². The number of anilines is 1. The largest absolute Gasteiger partial charge is 0.389 e. The van der Waals surface area contributed by atoms with E-state index in [4.69, 9.17) is 16.9 Å². The second-order valence-electron chi connectivity index (χ2n) is 3.87. The number of nitrogens with zero attached hydrogens (tertiary/aromatic N) is 2. The maximum absolute atomic E-state index is 9.49. The van der Waals surface area contributed by atoms with Crippen LogP contribution in [0.2, 0.25) is 5.02 Å². The third-order valence-electron chi connectivity index (χ3n) is 2.67. The molecule has 0 fully saturated rings. The van der Waals surface area contributed by atoms with E-state index in [9.17, 15) is 5.11 Å². The Kier molecular flexibility index (Phi) is 5.27. The molecule has 0 aliphatic rings. The Balaban J connectivity index is 2.91. The van der Waals surface area contributed by atoms with E-state index >= 15 is 0 Å². The lowest BCUT2D eigenvalue weighted by molar-refractivity contribution is 0.199. The Bertz CT molecular complexity index is 412. The van der Waals surface area contributed by atoms with Crippen LogP contribution in [0.1, 0.15) is 31.9 Å². The molecule has 0 spiro atoms. The molecule has 1 unspecified atom stereocenters. The van der Waals surface area contributed by atoms with Gasteiger partial charge in [-0.05, 0) is 31.5 Å². The third-order valence-corrected chi connectivity index (χ3v) is 3.00. The number of rotatable bonds is 5. The summed E-state index contributed by atoms with van der Waals surface area (Å²) >= 11 is 6.11. The first kappa shape index (κ1) is 13.8. The van der Waals surface area contributed by atoms with Crippen molar-refractivity contribution in [2.75, 3.05) is 18.0 Å². The van der Waals surface area contributed by atoms with Gasteiger partial charge in [-0.25, -0.2) is 0 Å². The van der Waals surface area contributed by atoms with Gasteiger partial charge in [-0.2, -0.15) is 5.26 Å². The smallest absolute Gasteiger partial charge is 0.0776 e. The van der Waals surface area contributed by atoms with Crippen LogP contribution in [-0.4, -0.2) is 18.2 Å². The molecule has 3 nitrogen and oxygen atoms in total. The molecule has 17 heavy (non-hydrogen) atoms. The van der Waals surface area contributed by atoms with Gasteiger partial charge >= 0.3 is 0 Å². The monoisotopic (exact) mass is 252 g/mol. The van der Waals surface area contributed by atoms with E-state index in [2.05, 4.69) is 11.0 Å². The SMILES string of the molecule is CCN(CCC#N)c1ccc(C(C)O)c(Cl)c1. The molecule has 0 aliphatic heterocycles. The Morgan fingerprint density at radius 2 is 2.24 bits per heavy atom. The number of hydrogen-bond donors (Lipinski definition) is 1. The number of aliphatic hydroxyl groups excluding tert-OH is 1. The van der Waals surface area contributed by atoms with Gasteiger partial charge in [0.15, 0.2) is 0 Å².